The number of fused-ring (bicyclic) bond motifs is 1. The molecule has 0 saturated carbocycles. The average Bonchev–Trinajstić information content (AvgIpc) is 3.05. The number of carbonyl (C=O) groups excluding carboxylic acids is 2. The van der Waals surface area contributed by atoms with Crippen molar-refractivity contribution in [2.45, 2.75) is 32.7 Å². The number of anilines is 1. The van der Waals surface area contributed by atoms with E-state index in [0.717, 1.165) is 38.4 Å². The van der Waals surface area contributed by atoms with E-state index in [0.29, 0.717) is 15.7 Å². The summed E-state index contributed by atoms with van der Waals surface area (Å²) in [7, 11) is 0. The zero-order valence-corrected chi connectivity index (χ0v) is 19.0. The lowest BCUT2D eigenvalue weighted by Crippen LogP contribution is -2.14. The lowest BCUT2D eigenvalue weighted by atomic mass is 10.0. The summed E-state index contributed by atoms with van der Waals surface area (Å²) in [5.74, 6) is -0.487. The van der Waals surface area contributed by atoms with Crippen LogP contribution in [0.15, 0.2) is 35.9 Å². The van der Waals surface area contributed by atoms with E-state index < -0.39 is 5.97 Å². The highest BCUT2D eigenvalue weighted by molar-refractivity contribution is 7.99. The molecule has 30 heavy (non-hydrogen) atoms. The molecule has 3 rings (SSSR count). The number of amides is 1. The fourth-order valence-corrected chi connectivity index (χ4v) is 4.67. The van der Waals surface area contributed by atoms with Crippen molar-refractivity contribution in [1.82, 2.24) is 9.97 Å². The Labute approximate surface area is 183 Å². The minimum atomic E-state index is -0.471. The lowest BCUT2D eigenvalue weighted by Gasteiger charge is -2.09. The van der Waals surface area contributed by atoms with Crippen LogP contribution in [0.4, 0.5) is 5.13 Å². The molecule has 0 atom stereocenters. The molecule has 2 aromatic heterocycles. The van der Waals surface area contributed by atoms with Gasteiger partial charge in [0.05, 0.1) is 22.0 Å². The molecule has 0 bridgehead atoms. The maximum Gasteiger partial charge on any atom is 0.350 e. The van der Waals surface area contributed by atoms with Crippen molar-refractivity contribution < 1.29 is 14.3 Å². The van der Waals surface area contributed by atoms with Gasteiger partial charge in [-0.25, -0.2) is 14.8 Å². The summed E-state index contributed by atoms with van der Waals surface area (Å²) < 4.78 is 5.03. The second-order valence-electron chi connectivity index (χ2n) is 6.91. The molecule has 6 nitrogen and oxygen atoms in total. The first-order valence-electron chi connectivity index (χ1n) is 9.35. The molecule has 0 aliphatic rings. The summed E-state index contributed by atoms with van der Waals surface area (Å²) in [6.07, 6.45) is 1.50. The summed E-state index contributed by atoms with van der Waals surface area (Å²) in [5, 5.41) is 5.05. The molecule has 1 aromatic carbocycles. The monoisotopic (exact) mass is 441 g/mol. The third-order valence-corrected chi connectivity index (χ3v) is 6.31. The molecule has 0 unspecified atom stereocenters. The summed E-state index contributed by atoms with van der Waals surface area (Å²) in [6.45, 7) is 11.5. The number of benzene rings is 1. The molecule has 1 amide bonds. The van der Waals surface area contributed by atoms with Gasteiger partial charge in [-0.1, -0.05) is 47.4 Å². The minimum absolute atomic E-state index is 0.131. The van der Waals surface area contributed by atoms with Crippen molar-refractivity contribution in [3.8, 4) is 0 Å². The van der Waals surface area contributed by atoms with Crippen LogP contribution in [-0.4, -0.2) is 34.2 Å². The van der Waals surface area contributed by atoms with Crippen molar-refractivity contribution in [3.63, 3.8) is 0 Å². The molecule has 8 heteroatoms. The number of hydrogen-bond donors (Lipinski definition) is 1. The van der Waals surface area contributed by atoms with Gasteiger partial charge in [0, 0.05) is 5.39 Å². The Balaban J connectivity index is 1.66. The Bertz CT molecular complexity index is 1140. The van der Waals surface area contributed by atoms with Gasteiger partial charge in [-0.05, 0) is 51.0 Å². The molecule has 0 aliphatic carbocycles. The van der Waals surface area contributed by atoms with E-state index >= 15 is 0 Å². The SMILES string of the molecule is C=CCOC(=O)c1sc(NC(=O)CSc2cc(C)c3cc(C)cc(C)c3n2)nc1C. The van der Waals surface area contributed by atoms with Crippen LogP contribution in [0.1, 0.15) is 32.1 Å². The van der Waals surface area contributed by atoms with E-state index in [-0.39, 0.29) is 18.3 Å². The number of pyridine rings is 1. The summed E-state index contributed by atoms with van der Waals surface area (Å²) in [4.78, 5) is 33.7. The first-order valence-corrected chi connectivity index (χ1v) is 11.2. The van der Waals surface area contributed by atoms with Gasteiger partial charge in [-0.3, -0.25) is 4.79 Å². The van der Waals surface area contributed by atoms with Gasteiger partial charge in [-0.15, -0.1) is 0 Å². The lowest BCUT2D eigenvalue weighted by molar-refractivity contribution is -0.113. The molecule has 0 spiro atoms. The quantitative estimate of drug-likeness (QED) is 0.316. The standard InChI is InChI=1S/C22H23N3O3S2/c1-6-7-28-21(27)20-15(5)23-22(30-20)24-17(26)11-29-18-10-13(3)16-9-12(2)8-14(4)19(16)25-18/h6,8-10H,1,7,11H2,2-5H3,(H,23,24,26). The number of nitrogens with zero attached hydrogens (tertiary/aromatic N) is 2. The van der Waals surface area contributed by atoms with Gasteiger partial charge in [0.1, 0.15) is 11.5 Å². The van der Waals surface area contributed by atoms with E-state index in [1.54, 1.807) is 6.92 Å². The highest BCUT2D eigenvalue weighted by Crippen LogP contribution is 2.28. The largest absolute Gasteiger partial charge is 0.457 e. The Kier molecular flexibility index (Phi) is 6.89. The Hall–Kier alpha value is -2.71. The van der Waals surface area contributed by atoms with Gasteiger partial charge in [0.2, 0.25) is 5.91 Å². The maximum atomic E-state index is 12.4. The number of rotatable bonds is 7. The maximum absolute atomic E-state index is 12.4. The zero-order chi connectivity index (χ0) is 21.8. The second-order valence-corrected chi connectivity index (χ2v) is 8.91. The fraction of sp³-hybridized carbons (Fsp3) is 0.273. The molecule has 3 aromatic rings. The van der Waals surface area contributed by atoms with E-state index in [2.05, 4.69) is 42.9 Å². The summed E-state index contributed by atoms with van der Waals surface area (Å²) in [5.41, 5.74) is 4.94. The van der Waals surface area contributed by atoms with Crippen LogP contribution in [0, 0.1) is 27.7 Å². The first-order chi connectivity index (χ1) is 14.3. The molecule has 156 valence electrons. The van der Waals surface area contributed by atoms with Gasteiger partial charge >= 0.3 is 5.97 Å². The van der Waals surface area contributed by atoms with E-state index in [1.165, 1.54) is 23.4 Å². The highest BCUT2D eigenvalue weighted by atomic mass is 32.2. The van der Waals surface area contributed by atoms with Gasteiger partial charge in [0.15, 0.2) is 5.13 Å². The van der Waals surface area contributed by atoms with E-state index in [9.17, 15) is 9.59 Å². The van der Waals surface area contributed by atoms with Crippen LogP contribution < -0.4 is 5.32 Å². The molecule has 0 aliphatic heterocycles. The van der Waals surface area contributed by atoms with E-state index in [4.69, 9.17) is 9.72 Å². The van der Waals surface area contributed by atoms with Crippen LogP contribution in [0.5, 0.6) is 0 Å². The van der Waals surface area contributed by atoms with Crippen molar-refractivity contribution in [1.29, 1.82) is 0 Å². The molecule has 0 radical (unpaired) electrons. The Morgan fingerprint density at radius 3 is 2.67 bits per heavy atom. The number of carbonyl (C=O) groups is 2. The second kappa shape index (κ2) is 9.40. The number of aryl methyl sites for hydroxylation is 4. The third kappa shape index (κ3) is 5.06. The zero-order valence-electron chi connectivity index (χ0n) is 17.4. The average molecular weight is 442 g/mol. The molecule has 0 saturated heterocycles. The topological polar surface area (TPSA) is 81.2 Å². The van der Waals surface area contributed by atoms with Crippen LogP contribution in [0.25, 0.3) is 10.9 Å². The van der Waals surface area contributed by atoms with Crippen LogP contribution >= 0.6 is 23.1 Å². The third-order valence-electron chi connectivity index (χ3n) is 4.34. The molecular weight excluding hydrogens is 418 g/mol. The van der Waals surface area contributed by atoms with Gasteiger partial charge < -0.3 is 10.1 Å². The predicted octanol–water partition coefficient (Wildman–Crippen LogP) is 5.00. The smallest absolute Gasteiger partial charge is 0.350 e. The van der Waals surface area contributed by atoms with Crippen molar-refractivity contribution in [2.24, 2.45) is 0 Å². The Morgan fingerprint density at radius 2 is 1.93 bits per heavy atom. The fourth-order valence-electron chi connectivity index (χ4n) is 3.02. The molecule has 1 N–H and O–H groups in total. The Morgan fingerprint density at radius 1 is 1.17 bits per heavy atom. The highest BCUT2D eigenvalue weighted by Gasteiger charge is 2.18. The van der Waals surface area contributed by atoms with Crippen LogP contribution in [0.2, 0.25) is 0 Å². The normalized spacial score (nSPS) is 10.8. The van der Waals surface area contributed by atoms with E-state index in [1.807, 2.05) is 13.0 Å². The number of thiazole rings is 1. The van der Waals surface area contributed by atoms with Crippen molar-refractivity contribution in [3.05, 3.63) is 58.1 Å². The number of aromatic nitrogens is 2. The number of thioether (sulfide) groups is 1. The molecule has 2 heterocycles. The molecular formula is C22H23N3O3S2. The van der Waals surface area contributed by atoms with Crippen molar-refractivity contribution in [2.75, 3.05) is 17.7 Å². The van der Waals surface area contributed by atoms with Gasteiger partial charge in [-0.2, -0.15) is 0 Å². The van der Waals surface area contributed by atoms with Crippen molar-refractivity contribution >= 4 is 51.0 Å². The number of nitrogens with one attached hydrogen (secondary N) is 1. The number of ether oxygens (including phenoxy) is 1. The summed E-state index contributed by atoms with van der Waals surface area (Å²) in [6, 6.07) is 6.24. The minimum Gasteiger partial charge on any atom is -0.457 e. The van der Waals surface area contributed by atoms with Crippen LogP contribution in [0.3, 0.4) is 0 Å². The van der Waals surface area contributed by atoms with Gasteiger partial charge in [0.25, 0.3) is 0 Å². The van der Waals surface area contributed by atoms with Crippen LogP contribution in [-0.2, 0) is 9.53 Å². The number of esters is 1. The first kappa shape index (κ1) is 22.0. The number of hydrogen-bond acceptors (Lipinski definition) is 7. The summed E-state index contributed by atoms with van der Waals surface area (Å²) >= 11 is 2.47. The molecule has 0 fully saturated rings. The predicted molar refractivity (Wildman–Crippen MR) is 123 cm³/mol.